The molecule has 5 heteroatoms. The number of anilines is 2. The molecule has 0 saturated heterocycles. The first-order valence-electron chi connectivity index (χ1n) is 5.23. The van der Waals surface area contributed by atoms with Gasteiger partial charge in [0.1, 0.15) is 5.82 Å². The summed E-state index contributed by atoms with van der Waals surface area (Å²) in [5, 5.41) is 6.59. The Hall–Kier alpha value is -1.65. The minimum absolute atomic E-state index is 0.284. The van der Waals surface area contributed by atoms with Crippen molar-refractivity contribution in [2.24, 2.45) is 0 Å². The van der Waals surface area contributed by atoms with Crippen molar-refractivity contribution < 1.29 is 4.39 Å². The normalized spacial score (nSPS) is 9.89. The van der Waals surface area contributed by atoms with Crippen LogP contribution in [-0.4, -0.2) is 5.11 Å². The number of rotatable bonds is 2. The molecule has 2 aromatic rings. The SMILES string of the molecule is Fc1ccc(NC(=S)Nc2ccccc2)c(Cl)c1. The van der Waals surface area contributed by atoms with E-state index in [9.17, 15) is 4.39 Å². The second-order valence-electron chi connectivity index (χ2n) is 3.57. The summed E-state index contributed by atoms with van der Waals surface area (Å²) < 4.78 is 12.9. The Labute approximate surface area is 115 Å². The fourth-order valence-corrected chi connectivity index (χ4v) is 1.84. The number of halogens is 2. The molecule has 0 spiro atoms. The molecule has 2 nitrogen and oxygen atoms in total. The fourth-order valence-electron chi connectivity index (χ4n) is 1.40. The predicted molar refractivity (Wildman–Crippen MR) is 77.7 cm³/mol. The van der Waals surface area contributed by atoms with Crippen LogP contribution in [0.2, 0.25) is 5.02 Å². The first kappa shape index (κ1) is 12.8. The maximum Gasteiger partial charge on any atom is 0.175 e. The van der Waals surface area contributed by atoms with E-state index in [-0.39, 0.29) is 10.8 Å². The van der Waals surface area contributed by atoms with Gasteiger partial charge in [-0.2, -0.15) is 0 Å². The van der Waals surface area contributed by atoms with Crippen molar-refractivity contribution in [1.82, 2.24) is 0 Å². The van der Waals surface area contributed by atoms with Crippen molar-refractivity contribution in [2.45, 2.75) is 0 Å². The molecular formula is C13H10ClFN2S. The van der Waals surface area contributed by atoms with Crippen LogP contribution in [0.3, 0.4) is 0 Å². The van der Waals surface area contributed by atoms with Crippen molar-refractivity contribution in [1.29, 1.82) is 0 Å². The Balaban J connectivity index is 2.03. The molecule has 0 radical (unpaired) electrons. The van der Waals surface area contributed by atoms with Crippen molar-refractivity contribution in [3.05, 3.63) is 59.4 Å². The van der Waals surface area contributed by atoms with Gasteiger partial charge in [0.25, 0.3) is 0 Å². The first-order chi connectivity index (χ1) is 8.65. The number of para-hydroxylation sites is 1. The second-order valence-corrected chi connectivity index (χ2v) is 4.38. The molecule has 0 aromatic heterocycles. The molecule has 2 rings (SSSR count). The summed E-state index contributed by atoms with van der Waals surface area (Å²) in [6.07, 6.45) is 0. The topological polar surface area (TPSA) is 24.1 Å². The summed E-state index contributed by atoms with van der Waals surface area (Å²) in [5.41, 5.74) is 1.43. The van der Waals surface area contributed by atoms with Crippen molar-refractivity contribution in [3.63, 3.8) is 0 Å². The highest BCUT2D eigenvalue weighted by atomic mass is 35.5. The third-order valence-electron chi connectivity index (χ3n) is 2.21. The van der Waals surface area contributed by atoms with Gasteiger partial charge >= 0.3 is 0 Å². The summed E-state index contributed by atoms with van der Waals surface area (Å²) in [4.78, 5) is 0. The van der Waals surface area contributed by atoms with Gasteiger partial charge in [-0.25, -0.2) is 4.39 Å². The first-order valence-corrected chi connectivity index (χ1v) is 6.02. The molecule has 0 bridgehead atoms. The molecule has 92 valence electrons. The highest BCUT2D eigenvalue weighted by Crippen LogP contribution is 2.22. The quantitative estimate of drug-likeness (QED) is 0.803. The van der Waals surface area contributed by atoms with E-state index in [1.54, 1.807) is 0 Å². The average Bonchev–Trinajstić information content (AvgIpc) is 2.34. The van der Waals surface area contributed by atoms with Crippen LogP contribution in [0, 0.1) is 5.82 Å². The fraction of sp³-hybridized carbons (Fsp3) is 0. The molecule has 0 fully saturated rings. The zero-order valence-electron chi connectivity index (χ0n) is 9.28. The smallest absolute Gasteiger partial charge is 0.175 e. The van der Waals surface area contributed by atoms with E-state index >= 15 is 0 Å². The van der Waals surface area contributed by atoms with Gasteiger partial charge in [0.15, 0.2) is 5.11 Å². The summed E-state index contributed by atoms with van der Waals surface area (Å²) in [6.45, 7) is 0. The van der Waals surface area contributed by atoms with Crippen LogP contribution in [0.4, 0.5) is 15.8 Å². The van der Waals surface area contributed by atoms with Gasteiger partial charge < -0.3 is 10.6 Å². The summed E-state index contributed by atoms with van der Waals surface area (Å²) in [7, 11) is 0. The minimum Gasteiger partial charge on any atom is -0.332 e. The number of thiocarbonyl (C=S) groups is 1. The van der Waals surface area contributed by atoms with Crippen molar-refractivity contribution in [2.75, 3.05) is 10.6 Å². The Bertz CT molecular complexity index is 560. The van der Waals surface area contributed by atoms with Crippen LogP contribution in [0.5, 0.6) is 0 Å². The van der Waals surface area contributed by atoms with E-state index < -0.39 is 0 Å². The Kier molecular flexibility index (Phi) is 4.12. The second kappa shape index (κ2) is 5.80. The largest absolute Gasteiger partial charge is 0.332 e. The summed E-state index contributed by atoms with van der Waals surface area (Å²) >= 11 is 11.0. The van der Waals surface area contributed by atoms with E-state index in [0.29, 0.717) is 10.8 Å². The van der Waals surface area contributed by atoms with Gasteiger partial charge in [-0.05, 0) is 42.5 Å². The third kappa shape index (κ3) is 3.42. The maximum atomic E-state index is 12.9. The zero-order valence-corrected chi connectivity index (χ0v) is 10.9. The van der Waals surface area contributed by atoms with Gasteiger partial charge in [0, 0.05) is 5.69 Å². The Morgan fingerprint density at radius 2 is 1.78 bits per heavy atom. The van der Waals surface area contributed by atoms with Crippen LogP contribution in [0.15, 0.2) is 48.5 Å². The summed E-state index contributed by atoms with van der Waals surface area (Å²) in [6, 6.07) is 13.6. The molecule has 2 aromatic carbocycles. The average molecular weight is 281 g/mol. The molecule has 0 aliphatic heterocycles. The molecule has 0 aliphatic carbocycles. The standard InChI is InChI=1S/C13H10ClFN2S/c14-11-8-9(15)6-7-12(11)17-13(18)16-10-4-2-1-3-5-10/h1-8H,(H2,16,17,18). The third-order valence-corrected chi connectivity index (χ3v) is 2.73. The Morgan fingerprint density at radius 1 is 1.06 bits per heavy atom. The lowest BCUT2D eigenvalue weighted by Crippen LogP contribution is -2.19. The number of nitrogens with one attached hydrogen (secondary N) is 2. The molecular weight excluding hydrogens is 271 g/mol. The zero-order chi connectivity index (χ0) is 13.0. The van der Waals surface area contributed by atoms with Crippen LogP contribution in [0.1, 0.15) is 0 Å². The molecule has 0 unspecified atom stereocenters. The predicted octanol–water partition coefficient (Wildman–Crippen LogP) is 4.29. The van der Waals surface area contributed by atoms with Gasteiger partial charge in [0.05, 0.1) is 10.7 Å². The lowest BCUT2D eigenvalue weighted by atomic mass is 10.3. The van der Waals surface area contributed by atoms with E-state index in [1.807, 2.05) is 30.3 Å². The number of benzene rings is 2. The lowest BCUT2D eigenvalue weighted by Gasteiger charge is -2.11. The number of hydrogen-bond acceptors (Lipinski definition) is 1. The van der Waals surface area contributed by atoms with Crippen LogP contribution in [-0.2, 0) is 0 Å². The van der Waals surface area contributed by atoms with Crippen LogP contribution in [0.25, 0.3) is 0 Å². The van der Waals surface area contributed by atoms with Gasteiger partial charge in [-0.3, -0.25) is 0 Å². The molecule has 2 N–H and O–H groups in total. The number of hydrogen-bond donors (Lipinski definition) is 2. The Morgan fingerprint density at radius 3 is 2.44 bits per heavy atom. The molecule has 0 aliphatic rings. The summed E-state index contributed by atoms with van der Waals surface area (Å²) in [5.74, 6) is -0.382. The van der Waals surface area contributed by atoms with E-state index in [1.165, 1.54) is 18.2 Å². The van der Waals surface area contributed by atoms with Gasteiger partial charge in [-0.15, -0.1) is 0 Å². The van der Waals surface area contributed by atoms with Gasteiger partial charge in [0.2, 0.25) is 0 Å². The lowest BCUT2D eigenvalue weighted by molar-refractivity contribution is 0.628. The van der Waals surface area contributed by atoms with E-state index in [2.05, 4.69) is 10.6 Å². The van der Waals surface area contributed by atoms with Gasteiger partial charge in [-0.1, -0.05) is 29.8 Å². The monoisotopic (exact) mass is 280 g/mol. The van der Waals surface area contributed by atoms with E-state index in [4.69, 9.17) is 23.8 Å². The molecule has 0 saturated carbocycles. The highest BCUT2D eigenvalue weighted by Gasteiger charge is 2.04. The van der Waals surface area contributed by atoms with Crippen molar-refractivity contribution >= 4 is 40.3 Å². The van der Waals surface area contributed by atoms with Crippen molar-refractivity contribution in [3.8, 4) is 0 Å². The maximum absolute atomic E-state index is 12.9. The molecule has 0 amide bonds. The minimum atomic E-state index is -0.382. The highest BCUT2D eigenvalue weighted by molar-refractivity contribution is 7.80. The molecule has 0 heterocycles. The van der Waals surface area contributed by atoms with Crippen LogP contribution >= 0.6 is 23.8 Å². The van der Waals surface area contributed by atoms with E-state index in [0.717, 1.165) is 5.69 Å². The molecule has 0 atom stereocenters. The molecule has 18 heavy (non-hydrogen) atoms. The van der Waals surface area contributed by atoms with Crippen LogP contribution < -0.4 is 10.6 Å².